The Morgan fingerprint density at radius 1 is 1.40 bits per heavy atom. The first-order valence-corrected chi connectivity index (χ1v) is 7.67. The van der Waals surface area contributed by atoms with Crippen molar-refractivity contribution in [3.05, 3.63) is 30.1 Å². The molecule has 0 amide bonds. The number of ether oxygens (including phenoxy) is 1. The van der Waals surface area contributed by atoms with Crippen LogP contribution in [0.1, 0.15) is 25.8 Å². The number of anilines is 1. The highest BCUT2D eigenvalue weighted by atomic mass is 32.2. The monoisotopic (exact) mass is 291 g/mol. The minimum absolute atomic E-state index is 0.159. The Labute approximate surface area is 122 Å². The van der Waals surface area contributed by atoms with Gasteiger partial charge in [0, 0.05) is 17.2 Å². The van der Waals surface area contributed by atoms with E-state index >= 15 is 0 Å². The second-order valence-corrected chi connectivity index (χ2v) is 6.16. The van der Waals surface area contributed by atoms with Crippen LogP contribution < -0.4 is 10.1 Å². The molecule has 0 saturated carbocycles. The van der Waals surface area contributed by atoms with E-state index in [9.17, 15) is 0 Å². The van der Waals surface area contributed by atoms with E-state index in [2.05, 4.69) is 35.4 Å². The number of fused-ring (bicyclic) bond motifs is 1. The smallest absolute Gasteiger partial charge is 0.321 e. The number of aromatic nitrogens is 2. The van der Waals surface area contributed by atoms with Crippen molar-refractivity contribution in [2.24, 2.45) is 5.92 Å². The van der Waals surface area contributed by atoms with Crippen molar-refractivity contribution in [1.82, 2.24) is 10.1 Å². The molecule has 5 nitrogen and oxygen atoms in total. The van der Waals surface area contributed by atoms with Crippen LogP contribution >= 0.6 is 11.8 Å². The molecule has 1 aliphatic rings. The van der Waals surface area contributed by atoms with Crippen LogP contribution in [-0.4, -0.2) is 22.4 Å². The third-order valence-corrected chi connectivity index (χ3v) is 4.02. The molecule has 1 aromatic heterocycles. The van der Waals surface area contributed by atoms with Gasteiger partial charge in [-0.25, -0.2) is 0 Å². The van der Waals surface area contributed by atoms with Crippen LogP contribution in [0.2, 0.25) is 0 Å². The largest absolute Gasteiger partial charge is 0.480 e. The average molecular weight is 291 g/mol. The summed E-state index contributed by atoms with van der Waals surface area (Å²) in [7, 11) is 0. The lowest BCUT2D eigenvalue weighted by Gasteiger charge is -2.22. The van der Waals surface area contributed by atoms with Crippen molar-refractivity contribution in [3.8, 4) is 5.75 Å². The maximum Gasteiger partial charge on any atom is 0.321 e. The molecule has 2 aromatic rings. The van der Waals surface area contributed by atoms with Gasteiger partial charge in [-0.05, 0) is 18.1 Å². The molecular weight excluding hydrogens is 274 g/mol. The quantitative estimate of drug-likeness (QED) is 0.932. The van der Waals surface area contributed by atoms with Crippen molar-refractivity contribution in [2.45, 2.75) is 24.8 Å². The molecule has 0 spiro atoms. The van der Waals surface area contributed by atoms with E-state index in [4.69, 9.17) is 9.26 Å². The van der Waals surface area contributed by atoms with Gasteiger partial charge in [-0.15, -0.1) is 11.8 Å². The maximum atomic E-state index is 5.92. The minimum atomic E-state index is -0.159. The predicted octanol–water partition coefficient (Wildman–Crippen LogP) is 3.36. The van der Waals surface area contributed by atoms with Gasteiger partial charge in [0.25, 0.3) is 0 Å². The molecule has 0 aliphatic carbocycles. The molecule has 1 aromatic carbocycles. The third-order valence-electron chi connectivity index (χ3n) is 2.90. The van der Waals surface area contributed by atoms with Gasteiger partial charge in [-0.1, -0.05) is 31.1 Å². The third kappa shape index (κ3) is 2.90. The predicted molar refractivity (Wildman–Crippen MR) is 78.2 cm³/mol. The average Bonchev–Trinajstić information content (AvgIpc) is 2.93. The van der Waals surface area contributed by atoms with Crippen LogP contribution in [0.3, 0.4) is 0 Å². The van der Waals surface area contributed by atoms with Crippen molar-refractivity contribution in [2.75, 3.05) is 17.6 Å². The van der Waals surface area contributed by atoms with Crippen LogP contribution in [0.4, 0.5) is 6.01 Å². The van der Waals surface area contributed by atoms with Crippen molar-refractivity contribution >= 4 is 17.8 Å². The van der Waals surface area contributed by atoms with Crippen molar-refractivity contribution in [1.29, 1.82) is 0 Å². The molecule has 2 heterocycles. The number of hydrogen-bond acceptors (Lipinski definition) is 6. The molecule has 1 aliphatic heterocycles. The number of thioether (sulfide) groups is 1. The van der Waals surface area contributed by atoms with Crippen LogP contribution in [0, 0.1) is 5.92 Å². The fourth-order valence-electron chi connectivity index (χ4n) is 1.88. The summed E-state index contributed by atoms with van der Waals surface area (Å²) in [6.45, 7) is 5.06. The van der Waals surface area contributed by atoms with Crippen LogP contribution in [0.5, 0.6) is 5.75 Å². The Morgan fingerprint density at radius 2 is 2.25 bits per heavy atom. The van der Waals surface area contributed by atoms with Crippen LogP contribution in [0.25, 0.3) is 0 Å². The first-order chi connectivity index (χ1) is 9.72. The van der Waals surface area contributed by atoms with Gasteiger partial charge in [-0.3, -0.25) is 0 Å². The summed E-state index contributed by atoms with van der Waals surface area (Å²) < 4.78 is 11.1. The lowest BCUT2D eigenvalue weighted by atomic mass is 10.2. The summed E-state index contributed by atoms with van der Waals surface area (Å²) in [4.78, 5) is 5.51. The first kappa shape index (κ1) is 13.3. The van der Waals surface area contributed by atoms with E-state index in [1.165, 1.54) is 0 Å². The molecule has 1 N–H and O–H groups in total. The summed E-state index contributed by atoms with van der Waals surface area (Å²) >= 11 is 1.75. The van der Waals surface area contributed by atoms with E-state index in [0.29, 0.717) is 17.8 Å². The van der Waals surface area contributed by atoms with Gasteiger partial charge in [0.1, 0.15) is 5.75 Å². The zero-order valence-corrected chi connectivity index (χ0v) is 12.3. The fraction of sp³-hybridized carbons (Fsp3) is 0.429. The summed E-state index contributed by atoms with van der Waals surface area (Å²) in [5, 5.41) is 7.12. The Hall–Kier alpha value is -1.69. The van der Waals surface area contributed by atoms with Crippen molar-refractivity contribution < 1.29 is 9.26 Å². The summed E-state index contributed by atoms with van der Waals surface area (Å²) in [5.74, 6) is 2.80. The van der Waals surface area contributed by atoms with Gasteiger partial charge in [-0.2, -0.15) is 4.98 Å². The SMILES string of the molecule is CC(C)CNc1nc(C2CSc3ccccc3O2)no1. The van der Waals surface area contributed by atoms with Gasteiger partial charge >= 0.3 is 6.01 Å². The Balaban J connectivity index is 1.69. The van der Waals surface area contributed by atoms with Crippen LogP contribution in [0.15, 0.2) is 33.7 Å². The molecule has 0 radical (unpaired) electrons. The molecule has 1 atom stereocenters. The number of benzene rings is 1. The highest BCUT2D eigenvalue weighted by molar-refractivity contribution is 7.99. The summed E-state index contributed by atoms with van der Waals surface area (Å²) in [6, 6.07) is 8.46. The zero-order chi connectivity index (χ0) is 13.9. The number of rotatable bonds is 4. The molecule has 0 saturated heterocycles. The van der Waals surface area contributed by atoms with E-state index in [1.807, 2.05) is 18.2 Å². The van der Waals surface area contributed by atoms with Gasteiger partial charge in [0.05, 0.1) is 0 Å². The van der Waals surface area contributed by atoms with Gasteiger partial charge in [0.15, 0.2) is 6.10 Å². The Kier molecular flexibility index (Phi) is 3.82. The maximum absolute atomic E-state index is 5.92. The van der Waals surface area contributed by atoms with E-state index in [0.717, 1.165) is 22.9 Å². The van der Waals surface area contributed by atoms with E-state index in [1.54, 1.807) is 11.8 Å². The summed E-state index contributed by atoms with van der Waals surface area (Å²) in [5.41, 5.74) is 0. The van der Waals surface area contributed by atoms with Crippen LogP contribution in [-0.2, 0) is 0 Å². The van der Waals surface area contributed by atoms with Crippen molar-refractivity contribution in [3.63, 3.8) is 0 Å². The number of nitrogens with zero attached hydrogens (tertiary/aromatic N) is 2. The Morgan fingerprint density at radius 3 is 3.10 bits per heavy atom. The molecular formula is C14H17N3O2S. The lowest BCUT2D eigenvalue weighted by Crippen LogP contribution is -2.16. The fourth-order valence-corrected chi connectivity index (χ4v) is 2.86. The Bertz CT molecular complexity index is 585. The zero-order valence-electron chi connectivity index (χ0n) is 11.5. The number of para-hydroxylation sites is 1. The minimum Gasteiger partial charge on any atom is -0.480 e. The lowest BCUT2D eigenvalue weighted by molar-refractivity contribution is 0.205. The highest BCUT2D eigenvalue weighted by Gasteiger charge is 2.26. The molecule has 6 heteroatoms. The summed E-state index contributed by atoms with van der Waals surface area (Å²) in [6.07, 6.45) is -0.159. The number of nitrogens with one attached hydrogen (secondary N) is 1. The standard InChI is InChI=1S/C14H17N3O2S/c1-9(2)7-15-14-16-13(17-19-14)11-8-20-12-6-4-3-5-10(12)18-11/h3-6,9,11H,7-8H2,1-2H3,(H,15,16,17). The first-order valence-electron chi connectivity index (χ1n) is 6.68. The van der Waals surface area contributed by atoms with Gasteiger partial charge in [0.2, 0.25) is 5.82 Å². The molecule has 106 valence electrons. The molecule has 1 unspecified atom stereocenters. The number of hydrogen-bond donors (Lipinski definition) is 1. The molecule has 0 bridgehead atoms. The van der Waals surface area contributed by atoms with Gasteiger partial charge < -0.3 is 14.6 Å². The van der Waals surface area contributed by atoms with E-state index < -0.39 is 0 Å². The second kappa shape index (κ2) is 5.75. The molecule has 0 fully saturated rings. The second-order valence-electron chi connectivity index (χ2n) is 5.10. The molecule has 3 rings (SSSR count). The molecule has 20 heavy (non-hydrogen) atoms. The highest BCUT2D eigenvalue weighted by Crippen LogP contribution is 2.39. The topological polar surface area (TPSA) is 60.2 Å². The van der Waals surface area contributed by atoms with E-state index in [-0.39, 0.29) is 6.10 Å². The normalized spacial score (nSPS) is 17.6.